The lowest BCUT2D eigenvalue weighted by atomic mass is 10.2. The van der Waals surface area contributed by atoms with Gasteiger partial charge < -0.3 is 15.0 Å². The largest absolute Gasteiger partial charge is 0.508 e. The molecule has 0 unspecified atom stereocenters. The number of alkyl halides is 3. The van der Waals surface area contributed by atoms with E-state index in [-0.39, 0.29) is 11.4 Å². The van der Waals surface area contributed by atoms with Crippen molar-refractivity contribution in [2.75, 3.05) is 5.32 Å². The minimum absolute atomic E-state index is 0.00141. The molecule has 0 radical (unpaired) electrons. The molecule has 0 saturated heterocycles. The first kappa shape index (κ1) is 15.0. The molecule has 0 aliphatic rings. The smallest absolute Gasteiger partial charge is 0.406 e. The summed E-state index contributed by atoms with van der Waals surface area (Å²) in [6, 6.07) is 7.23. The lowest BCUT2D eigenvalue weighted by Gasteiger charge is -2.13. The summed E-state index contributed by atoms with van der Waals surface area (Å²) in [5.74, 6) is -0.670. The number of amides is 1. The minimum Gasteiger partial charge on any atom is -0.508 e. The molecule has 1 amide bonds. The second-order valence-corrected chi connectivity index (χ2v) is 4.54. The maximum absolute atomic E-state index is 12.4. The Balaban J connectivity index is 2.22. The molecule has 4 nitrogen and oxygen atoms in total. The number of aromatic nitrogens is 1. The monoisotopic (exact) mass is 298 g/mol. The Morgan fingerprint density at radius 1 is 1.29 bits per heavy atom. The zero-order valence-electron chi connectivity index (χ0n) is 11.1. The third-order valence-corrected chi connectivity index (χ3v) is 2.97. The van der Waals surface area contributed by atoms with Gasteiger partial charge >= 0.3 is 6.18 Å². The predicted octanol–water partition coefficient (Wildman–Crippen LogP) is 3.32. The maximum Gasteiger partial charge on any atom is 0.406 e. The van der Waals surface area contributed by atoms with Gasteiger partial charge in [0.2, 0.25) is 0 Å². The van der Waals surface area contributed by atoms with Crippen LogP contribution >= 0.6 is 0 Å². The zero-order valence-corrected chi connectivity index (χ0v) is 11.1. The number of hydrogen-bond acceptors (Lipinski definition) is 2. The van der Waals surface area contributed by atoms with Crippen molar-refractivity contribution in [1.29, 1.82) is 0 Å². The van der Waals surface area contributed by atoms with Crippen LogP contribution in [0.5, 0.6) is 5.75 Å². The fraction of sp³-hybridized carbons (Fsp3) is 0.214. The van der Waals surface area contributed by atoms with Crippen molar-refractivity contribution < 1.29 is 23.1 Å². The van der Waals surface area contributed by atoms with E-state index < -0.39 is 18.6 Å². The van der Waals surface area contributed by atoms with E-state index in [2.05, 4.69) is 5.32 Å². The Labute approximate surface area is 118 Å². The lowest BCUT2D eigenvalue weighted by molar-refractivity contribution is -0.140. The Morgan fingerprint density at radius 3 is 2.67 bits per heavy atom. The molecule has 1 aromatic carbocycles. The summed E-state index contributed by atoms with van der Waals surface area (Å²) in [7, 11) is 0. The molecule has 0 aliphatic heterocycles. The van der Waals surface area contributed by atoms with E-state index in [4.69, 9.17) is 0 Å². The fourth-order valence-electron chi connectivity index (χ4n) is 1.90. The molecule has 0 spiro atoms. The summed E-state index contributed by atoms with van der Waals surface area (Å²) < 4.78 is 38.1. The Kier molecular flexibility index (Phi) is 3.93. The standard InChI is InChI=1S/C14H13F3N2O2/c1-9-10(4-2-6-12(9)20)18-13(21)11-5-3-7-19(11)8-14(15,16)17/h2-7,20H,8H2,1H3,(H,18,21). The molecule has 0 atom stereocenters. The van der Waals surface area contributed by atoms with E-state index in [1.54, 1.807) is 13.0 Å². The summed E-state index contributed by atoms with van der Waals surface area (Å²) in [5, 5.41) is 12.0. The number of aromatic hydroxyl groups is 1. The number of benzene rings is 1. The van der Waals surface area contributed by atoms with Crippen LogP contribution in [0.15, 0.2) is 36.5 Å². The quantitative estimate of drug-likeness (QED) is 0.913. The molecule has 0 fully saturated rings. The molecule has 0 bridgehead atoms. The zero-order chi connectivity index (χ0) is 15.6. The van der Waals surface area contributed by atoms with Gasteiger partial charge in [-0.25, -0.2) is 0 Å². The highest BCUT2D eigenvalue weighted by molar-refractivity contribution is 6.03. The Hall–Kier alpha value is -2.44. The predicted molar refractivity (Wildman–Crippen MR) is 71.3 cm³/mol. The molecule has 2 N–H and O–H groups in total. The van der Waals surface area contributed by atoms with Crippen molar-refractivity contribution in [2.45, 2.75) is 19.6 Å². The molecule has 21 heavy (non-hydrogen) atoms. The molecule has 1 heterocycles. The molecule has 2 rings (SSSR count). The van der Waals surface area contributed by atoms with Gasteiger partial charge in [0.25, 0.3) is 5.91 Å². The number of phenols is 1. The molecule has 1 aromatic heterocycles. The Morgan fingerprint density at radius 2 is 2.00 bits per heavy atom. The van der Waals surface area contributed by atoms with Gasteiger partial charge in [0.05, 0.1) is 0 Å². The van der Waals surface area contributed by atoms with Crippen molar-refractivity contribution in [2.24, 2.45) is 0 Å². The molecule has 2 aromatic rings. The van der Waals surface area contributed by atoms with E-state index >= 15 is 0 Å². The molecular weight excluding hydrogens is 285 g/mol. The summed E-state index contributed by atoms with van der Waals surface area (Å²) in [6.45, 7) is 0.363. The van der Waals surface area contributed by atoms with Crippen molar-refractivity contribution in [3.05, 3.63) is 47.8 Å². The summed E-state index contributed by atoms with van der Waals surface area (Å²) in [5.41, 5.74) is 0.689. The number of carbonyl (C=O) groups is 1. The second-order valence-electron chi connectivity index (χ2n) is 4.54. The number of nitrogens with zero attached hydrogens (tertiary/aromatic N) is 1. The number of anilines is 1. The topological polar surface area (TPSA) is 54.3 Å². The van der Waals surface area contributed by atoms with Gasteiger partial charge in [-0.05, 0) is 31.2 Å². The van der Waals surface area contributed by atoms with Crippen LogP contribution in [0.2, 0.25) is 0 Å². The molecular formula is C14H13F3N2O2. The van der Waals surface area contributed by atoms with Crippen LogP contribution in [0.3, 0.4) is 0 Å². The number of phenolic OH excluding ortho intramolecular Hbond substituents is 1. The molecule has 7 heteroatoms. The molecule has 112 valence electrons. The average molecular weight is 298 g/mol. The normalized spacial score (nSPS) is 11.4. The summed E-state index contributed by atoms with van der Waals surface area (Å²) in [6.07, 6.45) is -3.22. The fourth-order valence-corrected chi connectivity index (χ4v) is 1.90. The first-order valence-electron chi connectivity index (χ1n) is 6.10. The van der Waals surface area contributed by atoms with Crippen LogP contribution in [0.4, 0.5) is 18.9 Å². The Bertz CT molecular complexity index is 662. The van der Waals surface area contributed by atoms with Crippen LogP contribution in [0, 0.1) is 6.92 Å². The number of halogens is 3. The highest BCUT2D eigenvalue weighted by Crippen LogP contribution is 2.25. The van der Waals surface area contributed by atoms with Crippen molar-refractivity contribution in [3.8, 4) is 5.75 Å². The second kappa shape index (κ2) is 5.51. The molecule has 0 aliphatic carbocycles. The van der Waals surface area contributed by atoms with Gasteiger partial charge in [-0.3, -0.25) is 4.79 Å². The number of hydrogen-bond donors (Lipinski definition) is 2. The van der Waals surface area contributed by atoms with E-state index in [0.717, 1.165) is 4.57 Å². The van der Waals surface area contributed by atoms with Crippen LogP contribution < -0.4 is 5.32 Å². The lowest BCUT2D eigenvalue weighted by Crippen LogP contribution is -2.23. The van der Waals surface area contributed by atoms with Crippen molar-refractivity contribution in [1.82, 2.24) is 4.57 Å². The third-order valence-electron chi connectivity index (χ3n) is 2.97. The summed E-state index contributed by atoms with van der Waals surface area (Å²) >= 11 is 0. The molecule has 0 saturated carbocycles. The summed E-state index contributed by atoms with van der Waals surface area (Å²) in [4.78, 5) is 12.1. The van der Waals surface area contributed by atoms with Gasteiger partial charge in [0.15, 0.2) is 0 Å². The highest BCUT2D eigenvalue weighted by Gasteiger charge is 2.29. The number of rotatable bonds is 3. The van der Waals surface area contributed by atoms with E-state index in [1.807, 2.05) is 0 Å². The third kappa shape index (κ3) is 3.56. The first-order valence-corrected chi connectivity index (χ1v) is 6.10. The van der Waals surface area contributed by atoms with Crippen molar-refractivity contribution in [3.63, 3.8) is 0 Å². The maximum atomic E-state index is 12.4. The van der Waals surface area contributed by atoms with E-state index in [0.29, 0.717) is 11.3 Å². The number of carbonyl (C=O) groups excluding carboxylic acids is 1. The average Bonchev–Trinajstić information content (AvgIpc) is 2.80. The van der Waals surface area contributed by atoms with Gasteiger partial charge in [0.1, 0.15) is 18.0 Å². The van der Waals surface area contributed by atoms with Crippen molar-refractivity contribution >= 4 is 11.6 Å². The van der Waals surface area contributed by atoms with E-state index in [9.17, 15) is 23.1 Å². The SMILES string of the molecule is Cc1c(O)cccc1NC(=O)c1cccn1CC(F)(F)F. The van der Waals surface area contributed by atoms with Gasteiger partial charge in [-0.1, -0.05) is 6.07 Å². The first-order chi connectivity index (χ1) is 9.78. The van der Waals surface area contributed by atoms with Crippen LogP contribution in [-0.2, 0) is 6.54 Å². The number of nitrogens with one attached hydrogen (secondary N) is 1. The van der Waals surface area contributed by atoms with Gasteiger partial charge in [0, 0.05) is 17.4 Å². The van der Waals surface area contributed by atoms with Gasteiger partial charge in [-0.15, -0.1) is 0 Å². The minimum atomic E-state index is -4.41. The van der Waals surface area contributed by atoms with Gasteiger partial charge in [-0.2, -0.15) is 13.2 Å². The highest BCUT2D eigenvalue weighted by atomic mass is 19.4. The van der Waals surface area contributed by atoms with Crippen LogP contribution in [0.25, 0.3) is 0 Å². The van der Waals surface area contributed by atoms with E-state index in [1.165, 1.54) is 30.5 Å². The van der Waals surface area contributed by atoms with Crippen LogP contribution in [0.1, 0.15) is 16.1 Å². The van der Waals surface area contributed by atoms with Crippen LogP contribution in [-0.4, -0.2) is 21.8 Å².